The van der Waals surface area contributed by atoms with Gasteiger partial charge in [-0.15, -0.1) is 0 Å². The van der Waals surface area contributed by atoms with Gasteiger partial charge in [-0.3, -0.25) is 0 Å². The van der Waals surface area contributed by atoms with Crippen LogP contribution in [0.1, 0.15) is 30.4 Å². The molecule has 0 saturated heterocycles. The van der Waals surface area contributed by atoms with Gasteiger partial charge >= 0.3 is 0 Å². The monoisotopic (exact) mass is 325 g/mol. The maximum absolute atomic E-state index is 10.7. The van der Waals surface area contributed by atoms with Gasteiger partial charge in [0.15, 0.2) is 11.5 Å². The number of benzene rings is 1. The van der Waals surface area contributed by atoms with E-state index in [1.807, 2.05) is 13.0 Å². The van der Waals surface area contributed by atoms with E-state index in [-0.39, 0.29) is 0 Å². The van der Waals surface area contributed by atoms with Crippen molar-refractivity contribution in [2.75, 3.05) is 14.2 Å². The maximum Gasteiger partial charge on any atom is 0.235 e. The lowest BCUT2D eigenvalue weighted by atomic mass is 9.71. The van der Waals surface area contributed by atoms with E-state index in [1.165, 1.54) is 0 Å². The van der Waals surface area contributed by atoms with Crippen LogP contribution in [0, 0.1) is 6.92 Å². The first-order valence-electron chi connectivity index (χ1n) is 6.10. The summed E-state index contributed by atoms with van der Waals surface area (Å²) in [6.45, 7) is 1.96. The second-order valence-corrected chi connectivity index (χ2v) is 5.54. The third-order valence-corrected chi connectivity index (χ3v) is 4.38. The van der Waals surface area contributed by atoms with Crippen LogP contribution in [0.3, 0.4) is 0 Å². The molecule has 0 aromatic heterocycles. The predicted octanol–water partition coefficient (Wildman–Crippen LogP) is 3.49. The molecule has 1 saturated carbocycles. The van der Waals surface area contributed by atoms with Crippen LogP contribution >= 0.6 is 15.9 Å². The molecule has 4 nitrogen and oxygen atoms in total. The van der Waals surface area contributed by atoms with Crippen molar-refractivity contribution < 1.29 is 14.3 Å². The summed E-state index contributed by atoms with van der Waals surface area (Å²) in [5, 5.41) is 0. The summed E-state index contributed by atoms with van der Waals surface area (Å²) in [4.78, 5) is 14.7. The second-order valence-electron chi connectivity index (χ2n) is 4.69. The number of methoxy groups -OCH3 is 2. The summed E-state index contributed by atoms with van der Waals surface area (Å²) in [6.07, 6.45) is 4.51. The highest BCUT2D eigenvalue weighted by Crippen LogP contribution is 2.50. The molecule has 1 aromatic rings. The molecule has 2 rings (SSSR count). The Morgan fingerprint density at radius 3 is 2.37 bits per heavy atom. The van der Waals surface area contributed by atoms with E-state index in [4.69, 9.17) is 9.47 Å². The van der Waals surface area contributed by atoms with Gasteiger partial charge in [0.1, 0.15) is 0 Å². The van der Waals surface area contributed by atoms with E-state index in [0.29, 0.717) is 11.5 Å². The Hall–Kier alpha value is -1.32. The topological polar surface area (TPSA) is 47.9 Å². The minimum absolute atomic E-state index is 0.437. The molecule has 0 heterocycles. The normalized spacial score (nSPS) is 16.2. The lowest BCUT2D eigenvalue weighted by Crippen LogP contribution is -2.32. The summed E-state index contributed by atoms with van der Waals surface area (Å²) in [5.74, 6) is 1.34. The van der Waals surface area contributed by atoms with Crippen molar-refractivity contribution in [2.24, 2.45) is 4.99 Å². The summed E-state index contributed by atoms with van der Waals surface area (Å²) in [5.41, 5.74) is 1.53. The predicted molar refractivity (Wildman–Crippen MR) is 75.6 cm³/mol. The molecule has 0 atom stereocenters. The summed E-state index contributed by atoms with van der Waals surface area (Å²) in [6, 6.07) is 1.97. The van der Waals surface area contributed by atoms with Crippen molar-refractivity contribution in [2.45, 2.75) is 31.7 Å². The van der Waals surface area contributed by atoms with E-state index in [2.05, 4.69) is 20.9 Å². The summed E-state index contributed by atoms with van der Waals surface area (Å²) < 4.78 is 11.6. The fourth-order valence-electron chi connectivity index (χ4n) is 2.66. The minimum atomic E-state index is -0.437. The van der Waals surface area contributed by atoms with Crippen molar-refractivity contribution in [3.8, 4) is 11.5 Å². The zero-order valence-corrected chi connectivity index (χ0v) is 12.8. The molecular weight excluding hydrogens is 310 g/mol. The van der Waals surface area contributed by atoms with Crippen molar-refractivity contribution in [1.82, 2.24) is 0 Å². The highest BCUT2D eigenvalue weighted by atomic mass is 79.9. The molecule has 5 heteroatoms. The van der Waals surface area contributed by atoms with Crippen LogP contribution in [0.15, 0.2) is 15.5 Å². The van der Waals surface area contributed by atoms with Crippen LogP contribution in [0.5, 0.6) is 11.5 Å². The standard InChI is InChI=1S/C14H16BrNO3/c1-9-10(14(16-8-17)5-4-6-14)7-11(15)13(19-3)12(9)18-2/h7H,4-6H2,1-3H3. The van der Waals surface area contributed by atoms with E-state index in [1.54, 1.807) is 20.3 Å². The third kappa shape index (κ3) is 2.17. The van der Waals surface area contributed by atoms with Crippen LogP contribution < -0.4 is 9.47 Å². The van der Waals surface area contributed by atoms with Gasteiger partial charge < -0.3 is 9.47 Å². The lowest BCUT2D eigenvalue weighted by Gasteiger charge is -2.38. The molecule has 0 radical (unpaired) electrons. The van der Waals surface area contributed by atoms with Gasteiger partial charge in [-0.1, -0.05) is 0 Å². The molecule has 1 aromatic carbocycles. The molecule has 0 amide bonds. The maximum atomic E-state index is 10.7. The Balaban J connectivity index is 2.65. The van der Waals surface area contributed by atoms with E-state index >= 15 is 0 Å². The Bertz CT molecular complexity index is 546. The number of nitrogens with zero attached hydrogens (tertiary/aromatic N) is 1. The van der Waals surface area contributed by atoms with E-state index < -0.39 is 5.54 Å². The van der Waals surface area contributed by atoms with Crippen molar-refractivity contribution >= 4 is 22.0 Å². The summed E-state index contributed by atoms with van der Waals surface area (Å²) in [7, 11) is 3.21. The number of halogens is 1. The third-order valence-electron chi connectivity index (χ3n) is 3.79. The molecule has 1 fully saturated rings. The number of isocyanates is 1. The lowest BCUT2D eigenvalue weighted by molar-refractivity contribution is 0.252. The second kappa shape index (κ2) is 5.35. The average molecular weight is 326 g/mol. The number of carbonyl (C=O) groups excluding carboxylic acids is 1. The average Bonchev–Trinajstić information content (AvgIpc) is 2.36. The van der Waals surface area contributed by atoms with Gasteiger partial charge in [-0.05, 0) is 53.7 Å². The van der Waals surface area contributed by atoms with Gasteiger partial charge in [0.05, 0.1) is 24.2 Å². The molecule has 19 heavy (non-hydrogen) atoms. The molecule has 1 aliphatic rings. The van der Waals surface area contributed by atoms with Crippen LogP contribution in [0.2, 0.25) is 0 Å². The smallest absolute Gasteiger partial charge is 0.235 e. The minimum Gasteiger partial charge on any atom is -0.493 e. The van der Waals surface area contributed by atoms with Gasteiger partial charge in [0.25, 0.3) is 0 Å². The fourth-order valence-corrected chi connectivity index (χ4v) is 3.23. The molecule has 0 unspecified atom stereocenters. The van der Waals surface area contributed by atoms with Crippen molar-refractivity contribution in [1.29, 1.82) is 0 Å². The van der Waals surface area contributed by atoms with Crippen LogP contribution in [0.4, 0.5) is 0 Å². The number of rotatable bonds is 4. The van der Waals surface area contributed by atoms with Crippen molar-refractivity contribution in [3.63, 3.8) is 0 Å². The van der Waals surface area contributed by atoms with Crippen molar-refractivity contribution in [3.05, 3.63) is 21.7 Å². The number of hydrogen-bond acceptors (Lipinski definition) is 4. The van der Waals surface area contributed by atoms with Crippen LogP contribution in [0.25, 0.3) is 0 Å². The molecule has 102 valence electrons. The van der Waals surface area contributed by atoms with E-state index in [9.17, 15) is 4.79 Å². The fraction of sp³-hybridized carbons (Fsp3) is 0.500. The molecule has 0 aliphatic heterocycles. The Morgan fingerprint density at radius 2 is 1.95 bits per heavy atom. The highest BCUT2D eigenvalue weighted by Gasteiger charge is 2.41. The molecular formula is C14H16BrNO3. The SMILES string of the molecule is COc1c(Br)cc(C2(N=C=O)CCC2)c(C)c1OC. The Kier molecular flexibility index (Phi) is 3.97. The van der Waals surface area contributed by atoms with Gasteiger partial charge in [0.2, 0.25) is 6.08 Å². The Morgan fingerprint density at radius 1 is 1.32 bits per heavy atom. The first kappa shape index (κ1) is 14.1. The molecule has 0 spiro atoms. The zero-order valence-electron chi connectivity index (χ0n) is 11.2. The van der Waals surface area contributed by atoms with Gasteiger partial charge in [-0.25, -0.2) is 4.79 Å². The van der Waals surface area contributed by atoms with Crippen LogP contribution in [-0.2, 0) is 10.3 Å². The summed E-state index contributed by atoms with van der Waals surface area (Å²) >= 11 is 3.48. The molecule has 1 aliphatic carbocycles. The molecule has 0 bridgehead atoms. The Labute approximate surface area is 120 Å². The number of aliphatic imine (C=N–C) groups is 1. The molecule has 0 N–H and O–H groups in total. The quantitative estimate of drug-likeness (QED) is 0.629. The van der Waals surface area contributed by atoms with E-state index in [0.717, 1.165) is 34.9 Å². The highest BCUT2D eigenvalue weighted by molar-refractivity contribution is 9.10. The first-order chi connectivity index (χ1) is 9.09. The first-order valence-corrected chi connectivity index (χ1v) is 6.89. The van der Waals surface area contributed by atoms with Crippen LogP contribution in [-0.4, -0.2) is 20.3 Å². The van der Waals surface area contributed by atoms with Gasteiger partial charge in [0, 0.05) is 5.56 Å². The number of ether oxygens (including phenoxy) is 2. The zero-order chi connectivity index (χ0) is 14.0. The largest absolute Gasteiger partial charge is 0.493 e. The van der Waals surface area contributed by atoms with Gasteiger partial charge in [-0.2, -0.15) is 4.99 Å². The number of hydrogen-bond donors (Lipinski definition) is 0.